The number of amides is 1. The predicted octanol–water partition coefficient (Wildman–Crippen LogP) is 5.05. The van der Waals surface area contributed by atoms with E-state index in [0.29, 0.717) is 29.5 Å². The Morgan fingerprint density at radius 2 is 1.84 bits per heavy atom. The van der Waals surface area contributed by atoms with E-state index in [1.54, 1.807) is 12.1 Å². The number of aryl methyl sites for hydroxylation is 1. The van der Waals surface area contributed by atoms with E-state index in [2.05, 4.69) is 10.1 Å². The molecule has 0 aromatic heterocycles. The molecule has 2 aromatic rings. The van der Waals surface area contributed by atoms with Gasteiger partial charge in [0.05, 0.1) is 6.61 Å². The lowest BCUT2D eigenvalue weighted by atomic mass is 10.2. The quantitative estimate of drug-likeness (QED) is 0.662. The highest BCUT2D eigenvalue weighted by atomic mass is 35.5. The molecule has 0 aliphatic carbocycles. The molecule has 0 bridgehead atoms. The van der Waals surface area contributed by atoms with E-state index in [0.717, 1.165) is 5.56 Å². The van der Waals surface area contributed by atoms with Gasteiger partial charge < -0.3 is 14.8 Å². The second-order valence-electron chi connectivity index (χ2n) is 5.31. The van der Waals surface area contributed by atoms with Gasteiger partial charge in [-0.3, -0.25) is 4.79 Å². The number of nitrogens with one attached hydrogen (secondary N) is 1. The van der Waals surface area contributed by atoms with E-state index in [1.807, 2.05) is 13.0 Å². The molecule has 4 nitrogen and oxygen atoms in total. The number of hydrogen-bond acceptors (Lipinski definition) is 3. The van der Waals surface area contributed by atoms with Crippen molar-refractivity contribution in [3.8, 4) is 11.5 Å². The van der Waals surface area contributed by atoms with Gasteiger partial charge in [0.1, 0.15) is 11.5 Å². The lowest BCUT2D eigenvalue weighted by Gasteiger charge is -2.09. The molecule has 1 N–H and O–H groups in total. The van der Waals surface area contributed by atoms with Crippen LogP contribution in [0.1, 0.15) is 18.4 Å². The molecule has 2 rings (SSSR count). The molecule has 0 unspecified atom stereocenters. The van der Waals surface area contributed by atoms with Crippen LogP contribution in [0.3, 0.4) is 0 Å². The Morgan fingerprint density at radius 3 is 2.48 bits per heavy atom. The molecule has 7 heteroatoms. The van der Waals surface area contributed by atoms with Crippen LogP contribution in [0, 0.1) is 6.92 Å². The summed E-state index contributed by atoms with van der Waals surface area (Å²) in [5.41, 5.74) is 1.44. The molecule has 0 spiro atoms. The first-order valence-electron chi connectivity index (χ1n) is 7.68. The number of alkyl halides is 2. The molecule has 25 heavy (non-hydrogen) atoms. The fourth-order valence-electron chi connectivity index (χ4n) is 2.07. The fourth-order valence-corrected chi connectivity index (χ4v) is 2.19. The van der Waals surface area contributed by atoms with Gasteiger partial charge in [0.25, 0.3) is 0 Å². The number of hydrogen-bond donors (Lipinski definition) is 1. The summed E-state index contributed by atoms with van der Waals surface area (Å²) >= 11 is 5.94. The van der Waals surface area contributed by atoms with Gasteiger partial charge in [-0.05, 0) is 61.4 Å². The Hall–Kier alpha value is -2.34. The third-order valence-corrected chi connectivity index (χ3v) is 3.73. The largest absolute Gasteiger partial charge is 0.494 e. The van der Waals surface area contributed by atoms with Gasteiger partial charge in [0.15, 0.2) is 0 Å². The van der Waals surface area contributed by atoms with Gasteiger partial charge >= 0.3 is 6.61 Å². The van der Waals surface area contributed by atoms with Crippen LogP contribution < -0.4 is 14.8 Å². The molecule has 0 saturated heterocycles. The summed E-state index contributed by atoms with van der Waals surface area (Å²) in [6.07, 6.45) is 0.821. The summed E-state index contributed by atoms with van der Waals surface area (Å²) in [6, 6.07) is 11.1. The molecule has 0 atom stereocenters. The molecule has 0 heterocycles. The van der Waals surface area contributed by atoms with Crippen molar-refractivity contribution in [2.24, 2.45) is 0 Å². The van der Waals surface area contributed by atoms with E-state index in [4.69, 9.17) is 16.3 Å². The smallest absolute Gasteiger partial charge is 0.387 e. The van der Waals surface area contributed by atoms with Gasteiger partial charge in [-0.15, -0.1) is 0 Å². The number of anilines is 1. The Labute approximate surface area is 149 Å². The van der Waals surface area contributed by atoms with Crippen molar-refractivity contribution in [3.05, 3.63) is 53.1 Å². The van der Waals surface area contributed by atoms with Crippen LogP contribution in [-0.4, -0.2) is 19.1 Å². The Kier molecular flexibility index (Phi) is 7.01. The number of rotatable bonds is 8. The fraction of sp³-hybridized carbons (Fsp3) is 0.278. The topological polar surface area (TPSA) is 47.6 Å². The van der Waals surface area contributed by atoms with Crippen LogP contribution in [0.4, 0.5) is 14.5 Å². The van der Waals surface area contributed by atoms with Gasteiger partial charge in [-0.1, -0.05) is 11.6 Å². The standard InChI is InChI=1S/C18H18ClF2NO3/c1-12-11-15(8-9-16(12)19)24-10-2-3-17(23)22-13-4-6-14(7-5-13)25-18(20)21/h4-9,11,18H,2-3,10H2,1H3,(H,22,23). The lowest BCUT2D eigenvalue weighted by Crippen LogP contribution is -2.12. The maximum absolute atomic E-state index is 12.1. The number of ether oxygens (including phenoxy) is 2. The Bertz CT molecular complexity index is 708. The van der Waals surface area contributed by atoms with Crippen LogP contribution >= 0.6 is 11.6 Å². The third kappa shape index (κ3) is 6.58. The van der Waals surface area contributed by atoms with E-state index >= 15 is 0 Å². The molecule has 0 radical (unpaired) electrons. The summed E-state index contributed by atoms with van der Waals surface area (Å²) in [6.45, 7) is -0.583. The van der Waals surface area contributed by atoms with Gasteiger partial charge in [0.2, 0.25) is 5.91 Å². The average Bonchev–Trinajstić information content (AvgIpc) is 2.56. The third-order valence-electron chi connectivity index (χ3n) is 3.31. The summed E-state index contributed by atoms with van der Waals surface area (Å²) in [4.78, 5) is 11.8. The molecular weight excluding hydrogens is 352 g/mol. The zero-order valence-electron chi connectivity index (χ0n) is 13.6. The lowest BCUT2D eigenvalue weighted by molar-refractivity contribution is -0.116. The van der Waals surface area contributed by atoms with E-state index < -0.39 is 6.61 Å². The average molecular weight is 370 g/mol. The van der Waals surface area contributed by atoms with Crippen LogP contribution in [0.15, 0.2) is 42.5 Å². The highest BCUT2D eigenvalue weighted by Crippen LogP contribution is 2.21. The van der Waals surface area contributed by atoms with Crippen LogP contribution in [0.5, 0.6) is 11.5 Å². The van der Waals surface area contributed by atoms with E-state index in [-0.39, 0.29) is 18.1 Å². The van der Waals surface area contributed by atoms with Gasteiger partial charge in [0, 0.05) is 17.1 Å². The predicted molar refractivity (Wildman–Crippen MR) is 92.6 cm³/mol. The molecule has 0 aliphatic heterocycles. The first kappa shape index (κ1) is 19.0. The van der Waals surface area contributed by atoms with Crippen molar-refractivity contribution in [3.63, 3.8) is 0 Å². The number of carbonyl (C=O) groups excluding carboxylic acids is 1. The van der Waals surface area contributed by atoms with E-state index in [1.165, 1.54) is 24.3 Å². The van der Waals surface area contributed by atoms with Crippen molar-refractivity contribution in [2.75, 3.05) is 11.9 Å². The highest BCUT2D eigenvalue weighted by Gasteiger charge is 2.06. The zero-order valence-corrected chi connectivity index (χ0v) is 14.4. The van der Waals surface area contributed by atoms with Gasteiger partial charge in [-0.25, -0.2) is 0 Å². The number of benzene rings is 2. The SMILES string of the molecule is Cc1cc(OCCCC(=O)Nc2ccc(OC(F)F)cc2)ccc1Cl. The zero-order chi connectivity index (χ0) is 18.2. The Balaban J connectivity index is 1.70. The minimum atomic E-state index is -2.87. The minimum Gasteiger partial charge on any atom is -0.494 e. The second kappa shape index (κ2) is 9.22. The highest BCUT2D eigenvalue weighted by molar-refractivity contribution is 6.31. The molecule has 0 aliphatic rings. The first-order valence-corrected chi connectivity index (χ1v) is 8.05. The second-order valence-corrected chi connectivity index (χ2v) is 5.72. The summed E-state index contributed by atoms with van der Waals surface area (Å²) in [5, 5.41) is 3.36. The number of carbonyl (C=O) groups is 1. The molecule has 2 aromatic carbocycles. The maximum atomic E-state index is 12.1. The Morgan fingerprint density at radius 1 is 1.16 bits per heavy atom. The van der Waals surface area contributed by atoms with Crippen molar-refractivity contribution in [1.29, 1.82) is 0 Å². The minimum absolute atomic E-state index is 0.0413. The summed E-state index contributed by atoms with van der Waals surface area (Å²) in [7, 11) is 0. The van der Waals surface area contributed by atoms with Crippen molar-refractivity contribution < 1.29 is 23.0 Å². The van der Waals surface area contributed by atoms with Crippen LogP contribution in [-0.2, 0) is 4.79 Å². The molecule has 1 amide bonds. The summed E-state index contributed by atoms with van der Waals surface area (Å²) in [5.74, 6) is 0.565. The molecular formula is C18H18ClF2NO3. The first-order chi connectivity index (χ1) is 11.9. The van der Waals surface area contributed by atoms with Gasteiger partial charge in [-0.2, -0.15) is 8.78 Å². The van der Waals surface area contributed by atoms with Crippen molar-refractivity contribution >= 4 is 23.2 Å². The normalized spacial score (nSPS) is 10.6. The van der Waals surface area contributed by atoms with Crippen LogP contribution in [0.25, 0.3) is 0 Å². The van der Waals surface area contributed by atoms with Crippen molar-refractivity contribution in [2.45, 2.75) is 26.4 Å². The molecule has 0 fully saturated rings. The maximum Gasteiger partial charge on any atom is 0.387 e. The van der Waals surface area contributed by atoms with Crippen molar-refractivity contribution in [1.82, 2.24) is 0 Å². The van der Waals surface area contributed by atoms with E-state index in [9.17, 15) is 13.6 Å². The number of halogens is 3. The molecule has 134 valence electrons. The monoisotopic (exact) mass is 369 g/mol. The molecule has 0 saturated carbocycles. The summed E-state index contributed by atoms with van der Waals surface area (Å²) < 4.78 is 33.9. The van der Waals surface area contributed by atoms with Crippen LogP contribution in [0.2, 0.25) is 5.02 Å².